The fourth-order valence-electron chi connectivity index (χ4n) is 3.07. The van der Waals surface area contributed by atoms with E-state index in [-0.39, 0.29) is 24.3 Å². The number of nitrogens with zero attached hydrogens (tertiary/aromatic N) is 5. The molecular formula is C19H29N6O4P. The van der Waals surface area contributed by atoms with Crippen molar-refractivity contribution in [1.82, 2.24) is 19.2 Å². The van der Waals surface area contributed by atoms with E-state index in [1.807, 2.05) is 0 Å². The second-order valence-electron chi connectivity index (χ2n) is 7.15. The van der Waals surface area contributed by atoms with Crippen LogP contribution in [0, 0.1) is 11.3 Å². The summed E-state index contributed by atoms with van der Waals surface area (Å²) in [5.41, 5.74) is 6.57. The summed E-state index contributed by atoms with van der Waals surface area (Å²) < 4.78 is 15.9. The van der Waals surface area contributed by atoms with Gasteiger partial charge < -0.3 is 24.5 Å². The molecule has 0 radical (unpaired) electrons. The van der Waals surface area contributed by atoms with Crippen LogP contribution in [0.4, 0.5) is 0 Å². The Hall–Kier alpha value is -2.15. The zero-order valence-electron chi connectivity index (χ0n) is 17.8. The molecule has 3 N–H and O–H groups in total. The van der Waals surface area contributed by atoms with Crippen molar-refractivity contribution < 1.29 is 18.9 Å². The molecule has 1 atom stereocenters. The molecule has 2 rings (SSSR count). The highest BCUT2D eigenvalue weighted by atomic mass is 31.2. The molecule has 1 unspecified atom stereocenters. The maximum absolute atomic E-state index is 11.4. The van der Waals surface area contributed by atoms with Crippen LogP contribution in [0.25, 0.3) is 11.2 Å². The van der Waals surface area contributed by atoms with Gasteiger partial charge in [-0.1, -0.05) is 0 Å². The molecule has 2 aromatic rings. The van der Waals surface area contributed by atoms with Gasteiger partial charge in [0.05, 0.1) is 31.3 Å². The van der Waals surface area contributed by atoms with E-state index in [1.54, 1.807) is 10.6 Å². The highest BCUT2D eigenvalue weighted by Gasteiger charge is 2.27. The molecule has 2 aromatic heterocycles. The second-order valence-corrected chi connectivity index (χ2v) is 8.60. The molecule has 0 fully saturated rings. The Morgan fingerprint density at radius 3 is 2.57 bits per heavy atom. The van der Waals surface area contributed by atoms with Crippen molar-refractivity contribution >= 4 is 25.6 Å². The number of fused-ring (bicyclic) bond motifs is 1. The quantitative estimate of drug-likeness (QED) is 0.382. The summed E-state index contributed by atoms with van der Waals surface area (Å²) >= 11 is 0. The number of aromatic nitrogens is 3. The first kappa shape index (κ1) is 24.1. The SMILES string of the molecule is CC(C)N(C(C)C)P(OCCC#N)OCCn1c(CO)nc2cc(C(N)=O)cnc21. The average Bonchev–Trinajstić information content (AvgIpc) is 3.04. The van der Waals surface area contributed by atoms with E-state index >= 15 is 0 Å². The lowest BCUT2D eigenvalue weighted by Gasteiger charge is -2.35. The molecule has 0 saturated heterocycles. The molecule has 10 nitrogen and oxygen atoms in total. The largest absolute Gasteiger partial charge is 0.388 e. The van der Waals surface area contributed by atoms with Crippen molar-refractivity contribution in [3.8, 4) is 6.07 Å². The Morgan fingerprint density at radius 1 is 1.33 bits per heavy atom. The summed E-state index contributed by atoms with van der Waals surface area (Å²) in [6, 6.07) is 4.04. The molecule has 0 aliphatic carbocycles. The number of carbonyl (C=O) groups excluding carboxylic acids is 1. The number of nitrogens with two attached hydrogens (primary N) is 1. The standard InChI is InChI=1S/C19H29N6O4P/c1-13(2)25(14(3)4)30(28-8-5-6-20)29-9-7-24-17(12-26)23-16-10-15(18(21)27)11-22-19(16)24/h10-11,13-14,26H,5,7-9,12H2,1-4H3,(H2,21,27). The Morgan fingerprint density at radius 2 is 2.00 bits per heavy atom. The molecule has 164 valence electrons. The summed E-state index contributed by atoms with van der Waals surface area (Å²) in [6.45, 7) is 8.98. The van der Waals surface area contributed by atoms with Crippen molar-refractivity contribution in [3.05, 3.63) is 23.7 Å². The predicted molar refractivity (Wildman–Crippen MR) is 113 cm³/mol. The van der Waals surface area contributed by atoms with Gasteiger partial charge in [-0.05, 0) is 33.8 Å². The van der Waals surface area contributed by atoms with Gasteiger partial charge in [0.15, 0.2) is 5.65 Å². The number of hydrogen-bond acceptors (Lipinski definition) is 8. The summed E-state index contributed by atoms with van der Waals surface area (Å²) in [5, 5.41) is 18.5. The van der Waals surface area contributed by atoms with Gasteiger partial charge in [-0.2, -0.15) is 5.26 Å². The minimum atomic E-state index is -1.36. The third kappa shape index (κ3) is 5.94. The van der Waals surface area contributed by atoms with E-state index in [9.17, 15) is 9.90 Å². The molecule has 0 saturated carbocycles. The molecule has 11 heteroatoms. The van der Waals surface area contributed by atoms with E-state index in [0.717, 1.165) is 0 Å². The van der Waals surface area contributed by atoms with Gasteiger partial charge in [-0.15, -0.1) is 0 Å². The minimum Gasteiger partial charge on any atom is -0.388 e. The molecule has 2 heterocycles. The lowest BCUT2D eigenvalue weighted by Crippen LogP contribution is -2.34. The molecule has 30 heavy (non-hydrogen) atoms. The number of hydrogen-bond donors (Lipinski definition) is 2. The van der Waals surface area contributed by atoms with E-state index < -0.39 is 14.4 Å². The highest BCUT2D eigenvalue weighted by Crippen LogP contribution is 2.45. The lowest BCUT2D eigenvalue weighted by molar-refractivity contribution is 0.1000. The predicted octanol–water partition coefficient (Wildman–Crippen LogP) is 2.32. The Kier molecular flexibility index (Phi) is 9.08. The fourth-order valence-corrected chi connectivity index (χ4v) is 4.65. The molecule has 1 amide bonds. The smallest absolute Gasteiger partial charge is 0.259 e. The third-order valence-corrected chi connectivity index (χ3v) is 6.38. The van der Waals surface area contributed by atoms with Crippen molar-refractivity contribution in [2.75, 3.05) is 13.2 Å². The normalized spacial score (nSPS) is 12.8. The number of aliphatic hydroxyl groups is 1. The average molecular weight is 436 g/mol. The number of primary amides is 1. The van der Waals surface area contributed by atoms with Crippen LogP contribution >= 0.6 is 8.53 Å². The van der Waals surface area contributed by atoms with Crippen molar-refractivity contribution in [3.63, 3.8) is 0 Å². The molecule has 0 aromatic carbocycles. The second kappa shape index (κ2) is 11.3. The van der Waals surface area contributed by atoms with Crippen molar-refractivity contribution in [2.24, 2.45) is 5.73 Å². The topological polar surface area (TPSA) is 140 Å². The van der Waals surface area contributed by atoms with Gasteiger partial charge in [0.1, 0.15) is 17.9 Å². The van der Waals surface area contributed by atoms with Gasteiger partial charge >= 0.3 is 0 Å². The number of carbonyl (C=O) groups is 1. The Labute approximate surface area is 177 Å². The Bertz CT molecular complexity index is 887. The number of rotatable bonds is 12. The van der Waals surface area contributed by atoms with E-state index in [0.29, 0.717) is 43.2 Å². The summed E-state index contributed by atoms with van der Waals surface area (Å²) in [5.74, 6) is -0.169. The first-order valence-electron chi connectivity index (χ1n) is 9.77. The van der Waals surface area contributed by atoms with Gasteiger partial charge in [-0.25, -0.2) is 14.6 Å². The monoisotopic (exact) mass is 436 g/mol. The maximum Gasteiger partial charge on any atom is 0.259 e. The molecule has 0 bridgehead atoms. The van der Waals surface area contributed by atoms with Crippen LogP contribution in [0.1, 0.15) is 50.3 Å². The number of imidazole rings is 1. The van der Waals surface area contributed by atoms with Gasteiger partial charge in [0.2, 0.25) is 5.91 Å². The van der Waals surface area contributed by atoms with Crippen LogP contribution in [0.2, 0.25) is 0 Å². The molecule has 0 aliphatic rings. The number of pyridine rings is 1. The van der Waals surface area contributed by atoms with Crippen molar-refractivity contribution in [1.29, 1.82) is 5.26 Å². The van der Waals surface area contributed by atoms with Crippen LogP contribution in [0.15, 0.2) is 12.3 Å². The third-order valence-electron chi connectivity index (χ3n) is 4.27. The van der Waals surface area contributed by atoms with Gasteiger partial charge in [0, 0.05) is 24.8 Å². The first-order valence-corrected chi connectivity index (χ1v) is 10.9. The van der Waals surface area contributed by atoms with E-state index in [2.05, 4.69) is 48.4 Å². The van der Waals surface area contributed by atoms with Crippen LogP contribution in [0.5, 0.6) is 0 Å². The van der Waals surface area contributed by atoms with Crippen molar-refractivity contribution in [2.45, 2.75) is 59.4 Å². The zero-order chi connectivity index (χ0) is 22.3. The maximum atomic E-state index is 11.4. The highest BCUT2D eigenvalue weighted by molar-refractivity contribution is 7.44. The molecule has 0 aliphatic heterocycles. The van der Waals surface area contributed by atoms with E-state index in [4.69, 9.17) is 20.0 Å². The lowest BCUT2D eigenvalue weighted by atomic mass is 10.2. The van der Waals surface area contributed by atoms with E-state index in [1.165, 1.54) is 6.20 Å². The minimum absolute atomic E-state index is 0.203. The first-order chi connectivity index (χ1) is 14.3. The summed E-state index contributed by atoms with van der Waals surface area (Å²) in [4.78, 5) is 20.0. The molecule has 0 spiro atoms. The van der Waals surface area contributed by atoms with Gasteiger partial charge in [0.25, 0.3) is 8.53 Å². The van der Waals surface area contributed by atoms with Crippen LogP contribution in [-0.4, -0.2) is 55.5 Å². The fraction of sp³-hybridized carbons (Fsp3) is 0.579. The molecular weight excluding hydrogens is 407 g/mol. The van der Waals surface area contributed by atoms with Crippen LogP contribution in [0.3, 0.4) is 0 Å². The van der Waals surface area contributed by atoms with Gasteiger partial charge in [-0.3, -0.25) is 4.79 Å². The summed E-state index contributed by atoms with van der Waals surface area (Å²) in [7, 11) is -1.36. The zero-order valence-corrected chi connectivity index (χ0v) is 18.7. The van der Waals surface area contributed by atoms with Crippen LogP contribution < -0.4 is 5.73 Å². The van der Waals surface area contributed by atoms with Crippen LogP contribution in [-0.2, 0) is 22.2 Å². The number of amides is 1. The number of aliphatic hydroxyl groups excluding tert-OH is 1. The summed E-state index contributed by atoms with van der Waals surface area (Å²) in [6.07, 6.45) is 1.68. The number of nitriles is 1. The Balaban J connectivity index is 2.17.